The van der Waals surface area contributed by atoms with Gasteiger partial charge in [0.15, 0.2) is 6.10 Å². The molecule has 31 heavy (non-hydrogen) atoms. The summed E-state index contributed by atoms with van der Waals surface area (Å²) in [6.07, 6.45) is -6.89. The van der Waals surface area contributed by atoms with Crippen molar-refractivity contribution in [1.82, 2.24) is 15.5 Å². The third-order valence-corrected chi connectivity index (χ3v) is 5.93. The smallest absolute Gasteiger partial charge is 0.368 e. The van der Waals surface area contributed by atoms with Crippen LogP contribution in [0.5, 0.6) is 0 Å². The molecule has 2 saturated heterocycles. The van der Waals surface area contributed by atoms with E-state index < -0.39 is 59.6 Å². The van der Waals surface area contributed by atoms with Crippen LogP contribution < -0.4 is 10.6 Å². The van der Waals surface area contributed by atoms with E-state index in [4.69, 9.17) is 16.3 Å². The Balaban J connectivity index is 1.86. The molecule has 1 aromatic carbocycles. The topological polar surface area (TPSA) is 70.7 Å². The first-order valence-corrected chi connectivity index (χ1v) is 10.0. The molecule has 3 amide bonds. The van der Waals surface area contributed by atoms with Crippen molar-refractivity contribution in [2.45, 2.75) is 44.1 Å². The number of alkyl halides is 3. The standard InChI is InChI=1S/C19H21ClF5N3O3/c1-9-17(29)26-6-7-28(9)18(30)27-16(11-3-4-12(21)14(20)15(11)22)10-2-5-13(31-8-10)19(23,24)25/h3-4,9-10,13,16H,2,5-8H2,1H3,(H,26,29)(H,27,30)/t9-,10?,13?,16?/m1/s1. The summed E-state index contributed by atoms with van der Waals surface area (Å²) in [5.74, 6) is -3.23. The van der Waals surface area contributed by atoms with Crippen molar-refractivity contribution in [2.24, 2.45) is 5.92 Å². The number of rotatable bonds is 3. The maximum absolute atomic E-state index is 14.7. The summed E-state index contributed by atoms with van der Waals surface area (Å²) in [5.41, 5.74) is -0.173. The zero-order valence-electron chi connectivity index (χ0n) is 16.4. The molecule has 0 spiro atoms. The van der Waals surface area contributed by atoms with E-state index in [1.54, 1.807) is 0 Å². The van der Waals surface area contributed by atoms with E-state index in [2.05, 4.69) is 10.6 Å². The van der Waals surface area contributed by atoms with Crippen molar-refractivity contribution in [3.63, 3.8) is 0 Å². The molecule has 2 N–H and O–H groups in total. The van der Waals surface area contributed by atoms with Gasteiger partial charge >= 0.3 is 12.2 Å². The number of amides is 3. The van der Waals surface area contributed by atoms with Gasteiger partial charge in [-0.3, -0.25) is 4.79 Å². The molecule has 0 aromatic heterocycles. The van der Waals surface area contributed by atoms with Gasteiger partial charge < -0.3 is 20.3 Å². The Hall–Kier alpha value is -2.14. The lowest BCUT2D eigenvalue weighted by Crippen LogP contribution is -2.59. The van der Waals surface area contributed by atoms with Crippen molar-refractivity contribution < 1.29 is 36.3 Å². The average Bonchev–Trinajstić information content (AvgIpc) is 2.72. The van der Waals surface area contributed by atoms with Crippen molar-refractivity contribution in [2.75, 3.05) is 19.7 Å². The van der Waals surface area contributed by atoms with Gasteiger partial charge in [0, 0.05) is 24.6 Å². The van der Waals surface area contributed by atoms with Gasteiger partial charge in [-0.2, -0.15) is 13.2 Å². The lowest BCUT2D eigenvalue weighted by Gasteiger charge is -2.38. The molecule has 4 atom stereocenters. The number of nitrogens with one attached hydrogen (secondary N) is 2. The highest BCUT2D eigenvalue weighted by Crippen LogP contribution is 2.38. The molecule has 1 aromatic rings. The van der Waals surface area contributed by atoms with Crippen LogP contribution in [0.4, 0.5) is 26.7 Å². The largest absolute Gasteiger partial charge is 0.414 e. The van der Waals surface area contributed by atoms with Crippen LogP contribution in [0, 0.1) is 17.6 Å². The lowest BCUT2D eigenvalue weighted by atomic mass is 9.86. The number of halogens is 6. The number of hydrogen-bond donors (Lipinski definition) is 2. The molecule has 0 saturated carbocycles. The van der Waals surface area contributed by atoms with Crippen LogP contribution in [0.1, 0.15) is 31.4 Å². The van der Waals surface area contributed by atoms with Gasteiger partial charge in [0.1, 0.15) is 22.7 Å². The molecule has 2 aliphatic heterocycles. The Morgan fingerprint density at radius 1 is 1.32 bits per heavy atom. The lowest BCUT2D eigenvalue weighted by molar-refractivity contribution is -0.236. The van der Waals surface area contributed by atoms with Gasteiger partial charge in [0.2, 0.25) is 5.91 Å². The van der Waals surface area contributed by atoms with Gasteiger partial charge in [-0.25, -0.2) is 13.6 Å². The molecule has 2 fully saturated rings. The van der Waals surface area contributed by atoms with E-state index in [9.17, 15) is 31.5 Å². The molecule has 172 valence electrons. The van der Waals surface area contributed by atoms with Crippen LogP contribution in [0.2, 0.25) is 5.02 Å². The number of urea groups is 1. The summed E-state index contributed by atoms with van der Waals surface area (Å²) >= 11 is 5.67. The van der Waals surface area contributed by atoms with E-state index in [-0.39, 0.29) is 37.4 Å². The highest BCUT2D eigenvalue weighted by atomic mass is 35.5. The van der Waals surface area contributed by atoms with Crippen molar-refractivity contribution in [3.8, 4) is 0 Å². The summed E-state index contributed by atoms with van der Waals surface area (Å²) < 4.78 is 72.1. The minimum Gasteiger partial charge on any atom is -0.368 e. The zero-order chi connectivity index (χ0) is 22.9. The molecule has 0 radical (unpaired) electrons. The number of nitrogens with zero attached hydrogens (tertiary/aromatic N) is 1. The molecule has 3 rings (SSSR count). The first kappa shape index (κ1) is 23.5. The number of hydrogen-bond acceptors (Lipinski definition) is 3. The van der Waals surface area contributed by atoms with Gasteiger partial charge in [-0.05, 0) is 25.8 Å². The normalized spacial score (nSPS) is 25.7. The fourth-order valence-corrected chi connectivity index (χ4v) is 3.97. The van der Waals surface area contributed by atoms with Crippen LogP contribution in [0.25, 0.3) is 0 Å². The Bertz CT molecular complexity index is 846. The average molecular weight is 470 g/mol. The van der Waals surface area contributed by atoms with Gasteiger partial charge in [0.05, 0.1) is 12.6 Å². The number of carbonyl (C=O) groups excluding carboxylic acids is 2. The van der Waals surface area contributed by atoms with Gasteiger partial charge in [0.25, 0.3) is 0 Å². The van der Waals surface area contributed by atoms with Gasteiger partial charge in [-0.1, -0.05) is 17.7 Å². The molecule has 2 aliphatic rings. The molecular weight excluding hydrogens is 449 g/mol. The summed E-state index contributed by atoms with van der Waals surface area (Å²) in [6.45, 7) is 1.52. The minimum atomic E-state index is -4.54. The van der Waals surface area contributed by atoms with Crippen molar-refractivity contribution >= 4 is 23.5 Å². The van der Waals surface area contributed by atoms with Crippen LogP contribution in [0.15, 0.2) is 12.1 Å². The number of carbonyl (C=O) groups is 2. The molecule has 6 nitrogen and oxygen atoms in total. The fraction of sp³-hybridized carbons (Fsp3) is 0.579. The zero-order valence-corrected chi connectivity index (χ0v) is 17.2. The Morgan fingerprint density at radius 3 is 2.65 bits per heavy atom. The Kier molecular flexibility index (Phi) is 6.95. The predicted molar refractivity (Wildman–Crippen MR) is 100 cm³/mol. The summed E-state index contributed by atoms with van der Waals surface area (Å²) in [4.78, 5) is 25.9. The Labute approximate surface area is 180 Å². The maximum Gasteiger partial charge on any atom is 0.414 e. The fourth-order valence-electron chi connectivity index (χ4n) is 3.80. The highest BCUT2D eigenvalue weighted by Gasteiger charge is 2.45. The molecule has 0 aliphatic carbocycles. The summed E-state index contributed by atoms with van der Waals surface area (Å²) in [6, 6.07) is -0.640. The number of benzene rings is 1. The van der Waals surface area contributed by atoms with Crippen molar-refractivity contribution in [1.29, 1.82) is 0 Å². The quantitative estimate of drug-likeness (QED) is 0.525. The SMILES string of the molecule is C[C@@H]1C(=O)NCCN1C(=O)NC(c1ccc(F)c(Cl)c1F)C1CCC(C(F)(F)F)OC1. The van der Waals surface area contributed by atoms with E-state index >= 15 is 0 Å². The van der Waals surface area contributed by atoms with Crippen LogP contribution in [-0.2, 0) is 9.53 Å². The first-order valence-electron chi connectivity index (χ1n) is 9.67. The molecular formula is C19H21ClF5N3O3. The second-order valence-corrected chi connectivity index (χ2v) is 7.93. The van der Waals surface area contributed by atoms with Crippen LogP contribution >= 0.6 is 11.6 Å². The van der Waals surface area contributed by atoms with Gasteiger partial charge in [-0.15, -0.1) is 0 Å². The molecule has 0 bridgehead atoms. The predicted octanol–water partition coefficient (Wildman–Crippen LogP) is 3.55. The summed E-state index contributed by atoms with van der Waals surface area (Å²) in [7, 11) is 0. The van der Waals surface area contributed by atoms with E-state index in [1.807, 2.05) is 0 Å². The van der Waals surface area contributed by atoms with Crippen LogP contribution in [-0.4, -0.2) is 54.9 Å². The van der Waals surface area contributed by atoms with Crippen LogP contribution in [0.3, 0.4) is 0 Å². The molecule has 2 heterocycles. The highest BCUT2D eigenvalue weighted by molar-refractivity contribution is 6.31. The van der Waals surface area contributed by atoms with E-state index in [0.717, 1.165) is 12.1 Å². The number of piperazine rings is 1. The molecule has 3 unspecified atom stereocenters. The second kappa shape index (κ2) is 9.15. The number of ether oxygens (including phenoxy) is 1. The minimum absolute atomic E-state index is 0.0282. The monoisotopic (exact) mass is 469 g/mol. The third-order valence-electron chi connectivity index (χ3n) is 5.59. The first-order chi connectivity index (χ1) is 14.5. The second-order valence-electron chi connectivity index (χ2n) is 7.55. The third kappa shape index (κ3) is 5.03. The van der Waals surface area contributed by atoms with E-state index in [0.29, 0.717) is 0 Å². The maximum atomic E-state index is 14.7. The molecule has 12 heteroatoms. The van der Waals surface area contributed by atoms with Crippen molar-refractivity contribution in [3.05, 3.63) is 34.4 Å². The Morgan fingerprint density at radius 2 is 2.03 bits per heavy atom. The summed E-state index contributed by atoms with van der Waals surface area (Å²) in [5, 5.41) is 4.41. The van der Waals surface area contributed by atoms with E-state index in [1.165, 1.54) is 11.8 Å².